The Morgan fingerprint density at radius 3 is 1.95 bits per heavy atom. The highest BCUT2D eigenvalue weighted by molar-refractivity contribution is 5.95. The Morgan fingerprint density at radius 1 is 0.955 bits per heavy atom. The summed E-state index contributed by atoms with van der Waals surface area (Å²) in [6, 6.07) is 11.3. The molecule has 2 rings (SSSR count). The van der Waals surface area contributed by atoms with E-state index in [0.717, 1.165) is 5.56 Å². The second kappa shape index (κ2) is 6.80. The Hall–Kier alpha value is -2.76. The third-order valence-corrected chi connectivity index (χ3v) is 3.16. The molecule has 0 bridgehead atoms. The first-order chi connectivity index (χ1) is 10.5. The lowest BCUT2D eigenvalue weighted by Gasteiger charge is -2.14. The van der Waals surface area contributed by atoms with Crippen LogP contribution in [0, 0.1) is 11.6 Å². The van der Waals surface area contributed by atoms with Gasteiger partial charge in [-0.25, -0.2) is 8.78 Å². The van der Waals surface area contributed by atoms with Crippen LogP contribution in [0.5, 0.6) is 0 Å². The molecule has 4 nitrogen and oxygen atoms in total. The van der Waals surface area contributed by atoms with E-state index in [1.54, 1.807) is 12.1 Å². The highest BCUT2D eigenvalue weighted by atomic mass is 19.1. The molecule has 1 atom stereocenters. The summed E-state index contributed by atoms with van der Waals surface area (Å²) >= 11 is 0. The fourth-order valence-electron chi connectivity index (χ4n) is 2.10. The van der Waals surface area contributed by atoms with E-state index in [-0.39, 0.29) is 18.2 Å². The number of rotatable bonds is 4. The summed E-state index contributed by atoms with van der Waals surface area (Å²) in [4.78, 5) is 15.8. The number of hydrogen-bond acceptors (Lipinski definition) is 1. The molecule has 0 aliphatic heterocycles. The van der Waals surface area contributed by atoms with Crippen LogP contribution in [0.4, 0.5) is 8.78 Å². The molecule has 6 heteroatoms. The first-order valence-electron chi connectivity index (χ1n) is 6.59. The average molecular weight is 303 g/mol. The van der Waals surface area contributed by atoms with Gasteiger partial charge in [0.2, 0.25) is 0 Å². The van der Waals surface area contributed by atoms with Crippen molar-refractivity contribution in [3.63, 3.8) is 0 Å². The Labute approximate surface area is 126 Å². The molecule has 0 spiro atoms. The van der Waals surface area contributed by atoms with E-state index in [2.05, 4.69) is 4.99 Å². The molecule has 0 heterocycles. The van der Waals surface area contributed by atoms with Crippen LogP contribution in [0.25, 0.3) is 0 Å². The van der Waals surface area contributed by atoms with E-state index in [1.165, 1.54) is 36.4 Å². The zero-order chi connectivity index (χ0) is 16.1. The van der Waals surface area contributed by atoms with Crippen molar-refractivity contribution in [2.24, 2.45) is 16.5 Å². The van der Waals surface area contributed by atoms with Crippen molar-refractivity contribution < 1.29 is 13.6 Å². The third kappa shape index (κ3) is 4.12. The van der Waals surface area contributed by atoms with Crippen LogP contribution in [-0.2, 0) is 11.2 Å². The number of aliphatic imine (C=N–C) groups is 1. The molecular weight excluding hydrogens is 288 g/mol. The number of nitrogens with two attached hydrogens (primary N) is 2. The van der Waals surface area contributed by atoms with E-state index in [4.69, 9.17) is 11.5 Å². The molecule has 2 aromatic carbocycles. The van der Waals surface area contributed by atoms with Gasteiger partial charge in [0.25, 0.3) is 5.91 Å². The zero-order valence-electron chi connectivity index (χ0n) is 11.7. The van der Waals surface area contributed by atoms with Crippen LogP contribution in [0.3, 0.4) is 0 Å². The summed E-state index contributed by atoms with van der Waals surface area (Å²) in [5, 5.41) is 0. The van der Waals surface area contributed by atoms with E-state index in [9.17, 15) is 13.6 Å². The van der Waals surface area contributed by atoms with Crippen LogP contribution >= 0.6 is 0 Å². The van der Waals surface area contributed by atoms with E-state index < -0.39 is 17.6 Å². The maximum absolute atomic E-state index is 13.0. The predicted molar refractivity (Wildman–Crippen MR) is 80.1 cm³/mol. The molecular formula is C16H15F2N3O. The standard InChI is InChI=1S/C16H15F2N3O/c17-12-5-1-10(2-6-12)9-14(15(22)21-16(19)20)11-3-7-13(18)8-4-11/h1-8,14H,9H2,(H4,19,20,21,22)/t14-/m1/s1. The summed E-state index contributed by atoms with van der Waals surface area (Å²) in [7, 11) is 0. The van der Waals surface area contributed by atoms with E-state index in [1.807, 2.05) is 0 Å². The smallest absolute Gasteiger partial charge is 0.256 e. The molecule has 0 saturated heterocycles. The number of carbonyl (C=O) groups is 1. The summed E-state index contributed by atoms with van der Waals surface area (Å²) in [6.45, 7) is 0. The van der Waals surface area contributed by atoms with Crippen molar-refractivity contribution in [1.29, 1.82) is 0 Å². The van der Waals surface area contributed by atoms with Crippen molar-refractivity contribution in [2.75, 3.05) is 0 Å². The molecule has 0 saturated carbocycles. The van der Waals surface area contributed by atoms with Gasteiger partial charge >= 0.3 is 0 Å². The van der Waals surface area contributed by atoms with Gasteiger partial charge in [-0.1, -0.05) is 24.3 Å². The van der Waals surface area contributed by atoms with Crippen LogP contribution < -0.4 is 11.5 Å². The highest BCUT2D eigenvalue weighted by Gasteiger charge is 2.21. The predicted octanol–water partition coefficient (Wildman–Crippen LogP) is 2.09. The summed E-state index contributed by atoms with van der Waals surface area (Å²) in [5.74, 6) is -2.31. The number of guanidine groups is 1. The highest BCUT2D eigenvalue weighted by Crippen LogP contribution is 2.23. The van der Waals surface area contributed by atoms with Crippen LogP contribution in [0.1, 0.15) is 17.0 Å². The van der Waals surface area contributed by atoms with Crippen LogP contribution in [0.2, 0.25) is 0 Å². The quantitative estimate of drug-likeness (QED) is 0.670. The molecule has 22 heavy (non-hydrogen) atoms. The van der Waals surface area contributed by atoms with Crippen molar-refractivity contribution in [3.05, 3.63) is 71.3 Å². The van der Waals surface area contributed by atoms with E-state index >= 15 is 0 Å². The Bertz CT molecular complexity index is 678. The Morgan fingerprint density at radius 2 is 1.45 bits per heavy atom. The number of nitrogens with zero attached hydrogens (tertiary/aromatic N) is 1. The monoisotopic (exact) mass is 303 g/mol. The van der Waals surface area contributed by atoms with E-state index in [0.29, 0.717) is 5.56 Å². The first-order valence-corrected chi connectivity index (χ1v) is 6.59. The van der Waals surface area contributed by atoms with Gasteiger partial charge in [-0.05, 0) is 41.8 Å². The van der Waals surface area contributed by atoms with Gasteiger partial charge in [0.15, 0.2) is 5.96 Å². The number of amides is 1. The lowest BCUT2D eigenvalue weighted by molar-refractivity contribution is -0.119. The van der Waals surface area contributed by atoms with Crippen LogP contribution in [0.15, 0.2) is 53.5 Å². The largest absolute Gasteiger partial charge is 0.370 e. The molecule has 0 aromatic heterocycles. The van der Waals surface area contributed by atoms with Crippen molar-refractivity contribution >= 4 is 11.9 Å². The van der Waals surface area contributed by atoms with Crippen molar-refractivity contribution in [2.45, 2.75) is 12.3 Å². The SMILES string of the molecule is NC(N)=NC(=O)[C@H](Cc1ccc(F)cc1)c1ccc(F)cc1. The average Bonchev–Trinajstić information content (AvgIpc) is 2.47. The minimum atomic E-state index is -0.673. The summed E-state index contributed by atoms with van der Waals surface area (Å²) in [5.41, 5.74) is 11.8. The van der Waals surface area contributed by atoms with Gasteiger partial charge in [0.1, 0.15) is 11.6 Å². The minimum absolute atomic E-state index is 0.279. The summed E-state index contributed by atoms with van der Waals surface area (Å²) < 4.78 is 26.0. The molecule has 1 amide bonds. The summed E-state index contributed by atoms with van der Waals surface area (Å²) in [6.07, 6.45) is 0.279. The Balaban J connectivity index is 2.32. The number of hydrogen-bond donors (Lipinski definition) is 2. The molecule has 0 aliphatic rings. The molecule has 0 radical (unpaired) electrons. The van der Waals surface area contributed by atoms with Gasteiger partial charge in [0, 0.05) is 0 Å². The normalized spacial score (nSPS) is 11.7. The number of benzene rings is 2. The fourth-order valence-corrected chi connectivity index (χ4v) is 2.10. The van der Waals surface area contributed by atoms with Gasteiger partial charge in [-0.15, -0.1) is 0 Å². The molecule has 0 aliphatic carbocycles. The first kappa shape index (κ1) is 15.6. The number of halogens is 2. The molecule has 4 N–H and O–H groups in total. The Kier molecular flexibility index (Phi) is 4.83. The van der Waals surface area contributed by atoms with Crippen LogP contribution in [-0.4, -0.2) is 11.9 Å². The lowest BCUT2D eigenvalue weighted by Crippen LogP contribution is -2.26. The molecule has 0 fully saturated rings. The minimum Gasteiger partial charge on any atom is -0.370 e. The maximum atomic E-state index is 13.0. The molecule has 0 unspecified atom stereocenters. The second-order valence-electron chi connectivity index (χ2n) is 4.81. The zero-order valence-corrected chi connectivity index (χ0v) is 11.7. The fraction of sp³-hybridized carbons (Fsp3) is 0.125. The number of carbonyl (C=O) groups excluding carboxylic acids is 1. The topological polar surface area (TPSA) is 81.5 Å². The van der Waals surface area contributed by atoms with Gasteiger partial charge < -0.3 is 11.5 Å². The van der Waals surface area contributed by atoms with Gasteiger partial charge in [0.05, 0.1) is 5.92 Å². The lowest BCUT2D eigenvalue weighted by atomic mass is 9.91. The second-order valence-corrected chi connectivity index (χ2v) is 4.81. The maximum Gasteiger partial charge on any atom is 0.256 e. The van der Waals surface area contributed by atoms with Gasteiger partial charge in [-0.2, -0.15) is 4.99 Å². The molecule has 114 valence electrons. The third-order valence-electron chi connectivity index (χ3n) is 3.16. The van der Waals surface area contributed by atoms with Crippen molar-refractivity contribution in [1.82, 2.24) is 0 Å². The van der Waals surface area contributed by atoms with Gasteiger partial charge in [-0.3, -0.25) is 4.79 Å². The molecule has 2 aromatic rings. The van der Waals surface area contributed by atoms with Crippen molar-refractivity contribution in [3.8, 4) is 0 Å².